The SMILES string of the molecule is COc1cccc(C2CCCN2C(=O)C(CN)OC)c1. The van der Waals surface area contributed by atoms with Gasteiger partial charge in [0.05, 0.1) is 13.2 Å². The molecule has 5 nitrogen and oxygen atoms in total. The second-order valence-electron chi connectivity index (χ2n) is 4.93. The van der Waals surface area contributed by atoms with E-state index in [1.165, 1.54) is 7.11 Å². The number of methoxy groups -OCH3 is 2. The second kappa shape index (κ2) is 6.72. The van der Waals surface area contributed by atoms with E-state index >= 15 is 0 Å². The minimum Gasteiger partial charge on any atom is -0.497 e. The highest BCUT2D eigenvalue weighted by Crippen LogP contribution is 2.33. The van der Waals surface area contributed by atoms with Crippen LogP contribution in [0, 0.1) is 0 Å². The molecule has 0 aromatic heterocycles. The van der Waals surface area contributed by atoms with E-state index in [4.69, 9.17) is 15.2 Å². The third-order valence-electron chi connectivity index (χ3n) is 3.79. The van der Waals surface area contributed by atoms with Crippen molar-refractivity contribution in [2.24, 2.45) is 5.73 Å². The van der Waals surface area contributed by atoms with Crippen LogP contribution in [-0.4, -0.2) is 44.2 Å². The Hall–Kier alpha value is -1.59. The van der Waals surface area contributed by atoms with Gasteiger partial charge in [-0.15, -0.1) is 0 Å². The summed E-state index contributed by atoms with van der Waals surface area (Å²) in [5, 5.41) is 0. The van der Waals surface area contributed by atoms with Gasteiger partial charge in [-0.3, -0.25) is 4.79 Å². The quantitative estimate of drug-likeness (QED) is 0.882. The van der Waals surface area contributed by atoms with Gasteiger partial charge in [-0.25, -0.2) is 0 Å². The molecule has 2 rings (SSSR count). The summed E-state index contributed by atoms with van der Waals surface area (Å²) in [5.74, 6) is 0.782. The van der Waals surface area contributed by atoms with Gasteiger partial charge in [0.15, 0.2) is 0 Å². The number of likely N-dealkylation sites (tertiary alicyclic amines) is 1. The molecule has 1 saturated heterocycles. The zero-order valence-corrected chi connectivity index (χ0v) is 12.0. The normalized spacial score (nSPS) is 19.9. The number of carbonyl (C=O) groups excluding carboxylic acids is 1. The highest BCUT2D eigenvalue weighted by atomic mass is 16.5. The minimum atomic E-state index is -0.554. The number of benzene rings is 1. The number of rotatable bonds is 5. The summed E-state index contributed by atoms with van der Waals surface area (Å²) in [6.45, 7) is 0.956. The van der Waals surface area contributed by atoms with E-state index in [9.17, 15) is 4.79 Å². The molecular weight excluding hydrogens is 256 g/mol. The van der Waals surface area contributed by atoms with Crippen molar-refractivity contribution in [3.63, 3.8) is 0 Å². The summed E-state index contributed by atoms with van der Waals surface area (Å²) in [5.41, 5.74) is 6.69. The van der Waals surface area contributed by atoms with Crippen LogP contribution in [0.5, 0.6) is 5.75 Å². The lowest BCUT2D eigenvalue weighted by Gasteiger charge is -2.28. The van der Waals surface area contributed by atoms with Gasteiger partial charge in [0.2, 0.25) is 0 Å². The first-order valence-corrected chi connectivity index (χ1v) is 6.88. The van der Waals surface area contributed by atoms with E-state index < -0.39 is 6.10 Å². The molecule has 1 heterocycles. The Labute approximate surface area is 119 Å². The van der Waals surface area contributed by atoms with Crippen molar-refractivity contribution in [2.45, 2.75) is 25.0 Å². The molecule has 0 bridgehead atoms. The van der Waals surface area contributed by atoms with Crippen molar-refractivity contribution in [3.05, 3.63) is 29.8 Å². The smallest absolute Gasteiger partial charge is 0.253 e. The van der Waals surface area contributed by atoms with Crippen molar-refractivity contribution in [3.8, 4) is 5.75 Å². The average molecular weight is 278 g/mol. The molecule has 2 unspecified atom stereocenters. The van der Waals surface area contributed by atoms with Gasteiger partial charge in [0.25, 0.3) is 5.91 Å². The monoisotopic (exact) mass is 278 g/mol. The molecule has 1 aliphatic heterocycles. The van der Waals surface area contributed by atoms with Crippen LogP contribution in [0.1, 0.15) is 24.4 Å². The molecule has 0 saturated carbocycles. The van der Waals surface area contributed by atoms with Gasteiger partial charge in [0, 0.05) is 20.2 Å². The molecule has 1 amide bonds. The molecule has 110 valence electrons. The molecule has 5 heteroatoms. The van der Waals surface area contributed by atoms with Crippen LogP contribution in [-0.2, 0) is 9.53 Å². The first-order valence-electron chi connectivity index (χ1n) is 6.88. The summed E-state index contributed by atoms with van der Waals surface area (Å²) >= 11 is 0. The van der Waals surface area contributed by atoms with Crippen LogP contribution in [0.3, 0.4) is 0 Å². The van der Waals surface area contributed by atoms with E-state index in [0.717, 1.165) is 30.7 Å². The molecule has 20 heavy (non-hydrogen) atoms. The van der Waals surface area contributed by atoms with E-state index in [1.807, 2.05) is 29.2 Å². The Morgan fingerprint density at radius 2 is 2.30 bits per heavy atom. The van der Waals surface area contributed by atoms with Crippen molar-refractivity contribution in [2.75, 3.05) is 27.3 Å². The molecule has 0 radical (unpaired) electrons. The van der Waals surface area contributed by atoms with Crippen molar-refractivity contribution in [1.29, 1.82) is 0 Å². The predicted octanol–water partition coefficient (Wildman–Crippen LogP) is 1.33. The lowest BCUT2D eigenvalue weighted by Crippen LogP contribution is -2.43. The topological polar surface area (TPSA) is 64.8 Å². The van der Waals surface area contributed by atoms with Gasteiger partial charge in [-0.05, 0) is 30.5 Å². The molecule has 2 N–H and O–H groups in total. The Morgan fingerprint density at radius 3 is 2.95 bits per heavy atom. The Kier molecular flexibility index (Phi) is 4.98. The summed E-state index contributed by atoms with van der Waals surface area (Å²) in [7, 11) is 3.16. The summed E-state index contributed by atoms with van der Waals surface area (Å²) < 4.78 is 10.4. The summed E-state index contributed by atoms with van der Waals surface area (Å²) in [4.78, 5) is 14.3. The van der Waals surface area contributed by atoms with E-state index in [2.05, 4.69) is 0 Å². The Morgan fingerprint density at radius 1 is 1.50 bits per heavy atom. The number of ether oxygens (including phenoxy) is 2. The second-order valence-corrected chi connectivity index (χ2v) is 4.93. The fraction of sp³-hybridized carbons (Fsp3) is 0.533. The molecular formula is C15H22N2O3. The predicted molar refractivity (Wildman–Crippen MR) is 76.5 cm³/mol. The number of amides is 1. The van der Waals surface area contributed by atoms with Gasteiger partial charge >= 0.3 is 0 Å². The first kappa shape index (κ1) is 14.8. The highest BCUT2D eigenvalue weighted by molar-refractivity contribution is 5.82. The molecule has 0 spiro atoms. The molecule has 0 aliphatic carbocycles. The van der Waals surface area contributed by atoms with Crippen LogP contribution in [0.4, 0.5) is 0 Å². The van der Waals surface area contributed by atoms with Gasteiger partial charge in [-0.1, -0.05) is 12.1 Å². The van der Waals surface area contributed by atoms with Crippen LogP contribution in [0.25, 0.3) is 0 Å². The maximum atomic E-state index is 12.4. The first-order chi connectivity index (χ1) is 9.71. The van der Waals surface area contributed by atoms with E-state index in [1.54, 1.807) is 7.11 Å². The fourth-order valence-corrected chi connectivity index (χ4v) is 2.71. The van der Waals surface area contributed by atoms with Crippen molar-refractivity contribution < 1.29 is 14.3 Å². The molecule has 2 atom stereocenters. The van der Waals surface area contributed by atoms with Crippen molar-refractivity contribution in [1.82, 2.24) is 4.90 Å². The minimum absolute atomic E-state index is 0.0275. The lowest BCUT2D eigenvalue weighted by molar-refractivity contribution is -0.142. The van der Waals surface area contributed by atoms with Crippen LogP contribution < -0.4 is 10.5 Å². The number of hydrogen-bond acceptors (Lipinski definition) is 4. The molecule has 1 aromatic rings. The van der Waals surface area contributed by atoms with E-state index in [0.29, 0.717) is 0 Å². The van der Waals surface area contributed by atoms with Crippen molar-refractivity contribution >= 4 is 5.91 Å². The largest absolute Gasteiger partial charge is 0.497 e. The number of nitrogens with zero attached hydrogens (tertiary/aromatic N) is 1. The number of carbonyl (C=O) groups is 1. The van der Waals surface area contributed by atoms with Gasteiger partial charge in [-0.2, -0.15) is 0 Å². The maximum Gasteiger partial charge on any atom is 0.253 e. The standard InChI is InChI=1S/C15H22N2O3/c1-19-12-6-3-5-11(9-12)13-7-4-8-17(13)15(18)14(10-16)20-2/h3,5-6,9,13-14H,4,7-8,10,16H2,1-2H3. The number of hydrogen-bond donors (Lipinski definition) is 1. The zero-order chi connectivity index (χ0) is 14.5. The number of nitrogens with two attached hydrogens (primary N) is 1. The Bertz CT molecular complexity index is 460. The molecule has 1 fully saturated rings. The van der Waals surface area contributed by atoms with Gasteiger partial charge in [0.1, 0.15) is 11.9 Å². The summed E-state index contributed by atoms with van der Waals surface area (Å²) in [6, 6.07) is 7.96. The highest BCUT2D eigenvalue weighted by Gasteiger charge is 2.33. The molecule has 1 aromatic carbocycles. The maximum absolute atomic E-state index is 12.4. The van der Waals surface area contributed by atoms with Crippen LogP contribution in [0.2, 0.25) is 0 Å². The third-order valence-corrected chi connectivity index (χ3v) is 3.79. The third kappa shape index (κ3) is 2.94. The van der Waals surface area contributed by atoms with Crippen LogP contribution in [0.15, 0.2) is 24.3 Å². The average Bonchev–Trinajstić information content (AvgIpc) is 2.98. The van der Waals surface area contributed by atoms with Gasteiger partial charge < -0.3 is 20.1 Å². The Balaban J connectivity index is 2.20. The van der Waals surface area contributed by atoms with E-state index in [-0.39, 0.29) is 18.5 Å². The fourth-order valence-electron chi connectivity index (χ4n) is 2.71. The lowest BCUT2D eigenvalue weighted by atomic mass is 10.0. The summed E-state index contributed by atoms with van der Waals surface area (Å²) in [6.07, 6.45) is 1.40. The van der Waals surface area contributed by atoms with Crippen LogP contribution >= 0.6 is 0 Å². The zero-order valence-electron chi connectivity index (χ0n) is 12.0. The molecule has 1 aliphatic rings.